The summed E-state index contributed by atoms with van der Waals surface area (Å²) in [5.74, 6) is 1.10. The van der Waals surface area contributed by atoms with Gasteiger partial charge in [-0.2, -0.15) is 0 Å². The monoisotopic (exact) mass is 499 g/mol. The highest BCUT2D eigenvalue weighted by molar-refractivity contribution is 7.44. The molecule has 3 aliphatic rings. The van der Waals surface area contributed by atoms with Crippen LogP contribution in [-0.2, 0) is 9.05 Å². The second-order valence-electron chi connectivity index (χ2n) is 12.6. The molecule has 2 aliphatic carbocycles. The van der Waals surface area contributed by atoms with E-state index in [9.17, 15) is 0 Å². The SMILES string of the molecule is CCCCN(CCCC)P1OC(C(C)(C)C)=C2C=C(C)CC/C2=C2\C=C(C)C=C(C(C)(C)C)C2O1. The molecule has 0 bridgehead atoms. The summed E-state index contributed by atoms with van der Waals surface area (Å²) in [7, 11) is -1.24. The quantitative estimate of drug-likeness (QED) is 0.325. The molecule has 0 aromatic rings. The molecule has 0 fully saturated rings. The van der Waals surface area contributed by atoms with Gasteiger partial charge in [0, 0.05) is 24.1 Å². The van der Waals surface area contributed by atoms with Crippen molar-refractivity contribution >= 4 is 8.53 Å². The predicted octanol–water partition coefficient (Wildman–Crippen LogP) is 9.80. The fourth-order valence-electron chi connectivity index (χ4n) is 5.05. The summed E-state index contributed by atoms with van der Waals surface area (Å²) < 4.78 is 16.8. The lowest BCUT2D eigenvalue weighted by Gasteiger charge is -2.43. The molecule has 0 N–H and O–H groups in total. The minimum absolute atomic E-state index is 0.0149. The van der Waals surface area contributed by atoms with Crippen molar-refractivity contribution in [3.05, 3.63) is 57.4 Å². The van der Waals surface area contributed by atoms with Crippen LogP contribution >= 0.6 is 8.53 Å². The van der Waals surface area contributed by atoms with E-state index in [-0.39, 0.29) is 16.9 Å². The minimum Gasteiger partial charge on any atom is -0.439 e. The molecule has 1 heterocycles. The van der Waals surface area contributed by atoms with Gasteiger partial charge in [0.15, 0.2) is 0 Å². The summed E-state index contributed by atoms with van der Waals surface area (Å²) in [4.78, 5) is 0. The largest absolute Gasteiger partial charge is 0.439 e. The van der Waals surface area contributed by atoms with Gasteiger partial charge in [-0.25, -0.2) is 4.67 Å². The number of rotatable bonds is 7. The number of nitrogens with zero attached hydrogens (tertiary/aromatic N) is 1. The fourth-order valence-corrected chi connectivity index (χ4v) is 6.88. The molecule has 3 rings (SSSR count). The third kappa shape index (κ3) is 6.79. The van der Waals surface area contributed by atoms with Gasteiger partial charge in [0.1, 0.15) is 11.9 Å². The minimum atomic E-state index is -1.24. The van der Waals surface area contributed by atoms with E-state index in [0.717, 1.165) is 44.5 Å². The van der Waals surface area contributed by atoms with Gasteiger partial charge >= 0.3 is 8.53 Å². The normalized spacial score (nSPS) is 25.7. The van der Waals surface area contributed by atoms with Gasteiger partial charge < -0.3 is 4.52 Å². The number of allylic oxidation sites excluding steroid dienone is 7. The molecule has 2 atom stereocenters. The van der Waals surface area contributed by atoms with Crippen molar-refractivity contribution in [1.29, 1.82) is 0 Å². The maximum atomic E-state index is 7.18. The van der Waals surface area contributed by atoms with Crippen LogP contribution in [0.4, 0.5) is 0 Å². The van der Waals surface area contributed by atoms with Crippen molar-refractivity contribution in [2.24, 2.45) is 10.8 Å². The van der Waals surface area contributed by atoms with Crippen LogP contribution in [0, 0.1) is 10.8 Å². The Morgan fingerprint density at radius 1 is 0.886 bits per heavy atom. The topological polar surface area (TPSA) is 21.7 Å². The van der Waals surface area contributed by atoms with E-state index in [1.165, 1.54) is 46.3 Å². The van der Waals surface area contributed by atoms with Crippen LogP contribution in [-0.4, -0.2) is 23.9 Å². The van der Waals surface area contributed by atoms with Gasteiger partial charge in [-0.1, -0.05) is 97.6 Å². The molecule has 35 heavy (non-hydrogen) atoms. The molecule has 1 aliphatic heterocycles. The maximum Gasteiger partial charge on any atom is 0.321 e. The van der Waals surface area contributed by atoms with E-state index in [4.69, 9.17) is 9.05 Å². The van der Waals surface area contributed by atoms with E-state index in [0.29, 0.717) is 0 Å². The molecule has 0 spiro atoms. The van der Waals surface area contributed by atoms with Gasteiger partial charge in [0.05, 0.1) is 0 Å². The van der Waals surface area contributed by atoms with Crippen molar-refractivity contribution < 1.29 is 9.05 Å². The van der Waals surface area contributed by atoms with E-state index in [1.54, 1.807) is 0 Å². The van der Waals surface area contributed by atoms with Crippen LogP contribution < -0.4 is 0 Å². The summed E-state index contributed by atoms with van der Waals surface area (Å²) in [5.41, 5.74) is 8.12. The second-order valence-corrected chi connectivity index (χ2v) is 14.1. The number of hydrogen-bond donors (Lipinski definition) is 0. The number of fused-ring (bicyclic) bond motifs is 2. The molecule has 0 aromatic heterocycles. The van der Waals surface area contributed by atoms with E-state index < -0.39 is 8.53 Å². The molecule has 4 heteroatoms. The molecule has 3 nitrogen and oxygen atoms in total. The molecule has 0 saturated carbocycles. The molecular weight excluding hydrogens is 449 g/mol. The Morgan fingerprint density at radius 3 is 2.06 bits per heavy atom. The molecule has 0 amide bonds. The first-order chi connectivity index (χ1) is 16.4. The fraction of sp³-hybridized carbons (Fsp3) is 0.677. The maximum absolute atomic E-state index is 7.18. The molecular formula is C31H50NO2P. The molecule has 0 aromatic carbocycles. The van der Waals surface area contributed by atoms with Gasteiger partial charge in [-0.3, -0.25) is 4.52 Å². The average Bonchev–Trinajstić information content (AvgIpc) is 2.74. The van der Waals surface area contributed by atoms with Crippen molar-refractivity contribution in [1.82, 2.24) is 4.67 Å². The Morgan fingerprint density at radius 2 is 1.51 bits per heavy atom. The Labute approximate surface area is 217 Å². The predicted molar refractivity (Wildman–Crippen MR) is 152 cm³/mol. The van der Waals surface area contributed by atoms with Crippen LogP contribution in [0.2, 0.25) is 0 Å². The van der Waals surface area contributed by atoms with Crippen LogP contribution in [0.3, 0.4) is 0 Å². The molecule has 196 valence electrons. The summed E-state index contributed by atoms with van der Waals surface area (Å²) in [6.07, 6.45) is 13.9. The first kappa shape index (κ1) is 28.4. The Kier molecular flexibility index (Phi) is 9.33. The summed E-state index contributed by atoms with van der Waals surface area (Å²) in [6.45, 7) is 24.9. The zero-order valence-electron chi connectivity index (χ0n) is 24.2. The van der Waals surface area contributed by atoms with E-state index in [1.807, 2.05) is 0 Å². The molecule has 2 unspecified atom stereocenters. The van der Waals surface area contributed by atoms with Crippen molar-refractivity contribution in [3.63, 3.8) is 0 Å². The van der Waals surface area contributed by atoms with Crippen LogP contribution in [0.5, 0.6) is 0 Å². The van der Waals surface area contributed by atoms with Crippen molar-refractivity contribution in [2.45, 2.75) is 114 Å². The Bertz CT molecular complexity index is 928. The zero-order chi connectivity index (χ0) is 26.0. The van der Waals surface area contributed by atoms with Crippen molar-refractivity contribution in [2.75, 3.05) is 13.1 Å². The summed E-state index contributed by atoms with van der Waals surface area (Å²) in [6, 6.07) is 0. The smallest absolute Gasteiger partial charge is 0.321 e. The second kappa shape index (κ2) is 11.5. The van der Waals surface area contributed by atoms with Gasteiger partial charge in [0.25, 0.3) is 0 Å². The highest BCUT2D eigenvalue weighted by Crippen LogP contribution is 2.57. The van der Waals surface area contributed by atoms with Gasteiger partial charge in [-0.05, 0) is 61.7 Å². The van der Waals surface area contributed by atoms with Gasteiger partial charge in [0.2, 0.25) is 0 Å². The Balaban J connectivity index is 2.26. The summed E-state index contributed by atoms with van der Waals surface area (Å²) in [5, 5.41) is 0. The van der Waals surface area contributed by atoms with Crippen LogP contribution in [0.1, 0.15) is 108 Å². The first-order valence-corrected chi connectivity index (χ1v) is 14.9. The lowest BCUT2D eigenvalue weighted by molar-refractivity contribution is 0.171. The lowest BCUT2D eigenvalue weighted by atomic mass is 9.73. The van der Waals surface area contributed by atoms with E-state index >= 15 is 0 Å². The highest BCUT2D eigenvalue weighted by Gasteiger charge is 2.41. The third-order valence-electron chi connectivity index (χ3n) is 7.09. The summed E-state index contributed by atoms with van der Waals surface area (Å²) >= 11 is 0. The average molecular weight is 500 g/mol. The lowest BCUT2D eigenvalue weighted by Crippen LogP contribution is -2.34. The third-order valence-corrected chi connectivity index (χ3v) is 8.68. The molecule has 0 saturated heterocycles. The molecule has 0 radical (unpaired) electrons. The van der Waals surface area contributed by atoms with Crippen LogP contribution in [0.15, 0.2) is 57.4 Å². The first-order valence-electron chi connectivity index (χ1n) is 13.8. The van der Waals surface area contributed by atoms with Gasteiger partial charge in [-0.15, -0.1) is 0 Å². The number of unbranched alkanes of at least 4 members (excludes halogenated alkanes) is 2. The van der Waals surface area contributed by atoms with Crippen LogP contribution in [0.25, 0.3) is 0 Å². The highest BCUT2D eigenvalue weighted by atomic mass is 31.2. The standard InChI is InChI=1S/C31H50NO2P/c1-11-13-17-32(18-14-12-2)35-33-28-25(20-23(4)21-27(28)30(5,6)7)24-16-15-22(3)19-26(24)29(34-35)31(8,9)10/h19-21,28H,11-18H2,1-10H3/b25-24-,29-26?. The van der Waals surface area contributed by atoms with Crippen molar-refractivity contribution in [3.8, 4) is 0 Å². The Hall–Kier alpha value is -1.15. The number of hydrogen-bond acceptors (Lipinski definition) is 3. The van der Waals surface area contributed by atoms with E-state index in [2.05, 4.69) is 92.1 Å². The zero-order valence-corrected chi connectivity index (χ0v) is 25.1.